The van der Waals surface area contributed by atoms with Gasteiger partial charge < -0.3 is 0 Å². The molecular weight excluding hydrogens is 439 g/mol. The fraction of sp³-hybridized carbons (Fsp3) is 0. The number of rotatable bonds is 5. The Hall–Kier alpha value is -1.97. The van der Waals surface area contributed by atoms with Crippen molar-refractivity contribution in [3.8, 4) is 0 Å². The fourth-order valence-corrected chi connectivity index (χ4v) is 22.8. The van der Waals surface area contributed by atoms with Gasteiger partial charge in [0.1, 0.15) is 0 Å². The summed E-state index contributed by atoms with van der Waals surface area (Å²) in [5.41, 5.74) is 0. The van der Waals surface area contributed by atoms with Gasteiger partial charge in [-0.1, -0.05) is 0 Å². The van der Waals surface area contributed by atoms with E-state index in [-0.39, 0.29) is 0 Å². The van der Waals surface area contributed by atoms with Gasteiger partial charge in [-0.15, -0.1) is 0 Å². The van der Waals surface area contributed by atoms with Crippen LogP contribution >= 0.6 is 8.95 Å². The maximum atomic E-state index is 2.33. The van der Waals surface area contributed by atoms with Crippen molar-refractivity contribution < 1.29 is 0 Å². The standard InChI is InChI=1S/C6H6S.3C6H5.Sn/c7-6-4-2-1-3-5-6;3*1-2-4-6-5-3-1;/h1-5,7H;3*1-5H;/q;;;;+1/p-1. The fourth-order valence-electron chi connectivity index (χ4n) is 3.36. The summed E-state index contributed by atoms with van der Waals surface area (Å²) in [5, 5.41) is 0. The zero-order valence-corrected chi connectivity index (χ0v) is 18.1. The topological polar surface area (TPSA) is 0 Å². The molecule has 0 aliphatic heterocycles. The van der Waals surface area contributed by atoms with Crippen molar-refractivity contribution in [1.29, 1.82) is 0 Å². The average molecular weight is 459 g/mol. The Morgan fingerprint density at radius 3 is 1.04 bits per heavy atom. The molecule has 0 saturated heterocycles. The molecule has 4 aromatic carbocycles. The van der Waals surface area contributed by atoms with Gasteiger partial charge in [-0.3, -0.25) is 0 Å². The SMILES string of the molecule is c1ccc([S][Sn]([c]2ccccc2)([c]2ccccc2)[c]2ccccc2)cc1. The van der Waals surface area contributed by atoms with Crippen LogP contribution in [0.15, 0.2) is 126 Å². The molecule has 0 unspecified atom stereocenters. The number of hydrogen-bond acceptors (Lipinski definition) is 1. The number of hydrogen-bond donors (Lipinski definition) is 0. The predicted octanol–water partition coefficient (Wildman–Crippen LogP) is 4.45. The molecule has 2 heteroatoms. The number of benzene rings is 4. The molecule has 4 rings (SSSR count). The van der Waals surface area contributed by atoms with E-state index >= 15 is 0 Å². The Morgan fingerprint density at radius 1 is 0.385 bits per heavy atom. The second-order valence-corrected chi connectivity index (χ2v) is 21.6. The molecule has 0 amide bonds. The molecular formula is C24H20SSn. The first-order chi connectivity index (χ1) is 12.9. The van der Waals surface area contributed by atoms with E-state index in [1.807, 2.05) is 0 Å². The molecule has 0 heterocycles. The molecule has 0 fully saturated rings. The normalized spacial score (nSPS) is 11.2. The van der Waals surface area contributed by atoms with Gasteiger partial charge in [0.05, 0.1) is 0 Å². The van der Waals surface area contributed by atoms with Crippen LogP contribution in [-0.2, 0) is 0 Å². The molecule has 126 valence electrons. The zero-order valence-electron chi connectivity index (χ0n) is 14.5. The van der Waals surface area contributed by atoms with Crippen molar-refractivity contribution >= 4 is 36.7 Å². The van der Waals surface area contributed by atoms with Crippen LogP contribution in [0.25, 0.3) is 0 Å². The molecule has 0 radical (unpaired) electrons. The first kappa shape index (κ1) is 17.4. The van der Waals surface area contributed by atoms with E-state index < -0.39 is 17.0 Å². The molecule has 0 bridgehead atoms. The maximum absolute atomic E-state index is 3.25. The van der Waals surface area contributed by atoms with Crippen molar-refractivity contribution in [3.05, 3.63) is 121 Å². The van der Waals surface area contributed by atoms with E-state index in [1.54, 1.807) is 0 Å². The zero-order chi connectivity index (χ0) is 17.7. The Bertz CT molecular complexity index is 842. The van der Waals surface area contributed by atoms with Crippen molar-refractivity contribution in [2.45, 2.75) is 4.90 Å². The minimum absolute atomic E-state index is 1.35. The van der Waals surface area contributed by atoms with Gasteiger partial charge in [0.2, 0.25) is 0 Å². The van der Waals surface area contributed by atoms with Crippen molar-refractivity contribution in [2.24, 2.45) is 0 Å². The molecule has 4 aromatic rings. The molecule has 0 saturated carbocycles. The summed E-state index contributed by atoms with van der Waals surface area (Å²) in [6.45, 7) is 0. The van der Waals surface area contributed by atoms with Crippen LogP contribution in [0.2, 0.25) is 0 Å². The summed E-state index contributed by atoms with van der Waals surface area (Å²) in [6.07, 6.45) is 0. The first-order valence-electron chi connectivity index (χ1n) is 8.80. The minimum atomic E-state index is -3.25. The average Bonchev–Trinajstić information content (AvgIpc) is 2.75. The summed E-state index contributed by atoms with van der Waals surface area (Å²) in [6, 6.07) is 44.2. The van der Waals surface area contributed by atoms with Crippen molar-refractivity contribution in [1.82, 2.24) is 0 Å². The van der Waals surface area contributed by atoms with Gasteiger partial charge in [-0.05, 0) is 0 Å². The summed E-state index contributed by atoms with van der Waals surface area (Å²) in [5.74, 6) is 0. The van der Waals surface area contributed by atoms with Gasteiger partial charge in [0.25, 0.3) is 0 Å². The van der Waals surface area contributed by atoms with Crippen LogP contribution in [0.3, 0.4) is 0 Å². The molecule has 0 N–H and O–H groups in total. The van der Waals surface area contributed by atoms with Gasteiger partial charge in [-0.2, -0.15) is 0 Å². The second kappa shape index (κ2) is 8.15. The van der Waals surface area contributed by atoms with Crippen LogP contribution < -0.4 is 10.7 Å². The van der Waals surface area contributed by atoms with Crippen molar-refractivity contribution in [3.63, 3.8) is 0 Å². The van der Waals surface area contributed by atoms with Crippen LogP contribution in [0.1, 0.15) is 0 Å². The quantitative estimate of drug-likeness (QED) is 0.398. The van der Waals surface area contributed by atoms with Crippen LogP contribution in [-0.4, -0.2) is 17.0 Å². The van der Waals surface area contributed by atoms with Gasteiger partial charge in [-0.25, -0.2) is 0 Å². The molecule has 0 aliphatic carbocycles. The third-order valence-electron chi connectivity index (χ3n) is 4.56. The molecule has 0 atom stereocenters. The second-order valence-electron chi connectivity index (χ2n) is 6.19. The van der Waals surface area contributed by atoms with E-state index in [4.69, 9.17) is 0 Å². The Balaban J connectivity index is 2.00. The monoisotopic (exact) mass is 460 g/mol. The van der Waals surface area contributed by atoms with Gasteiger partial charge >= 0.3 is 163 Å². The van der Waals surface area contributed by atoms with E-state index in [9.17, 15) is 0 Å². The predicted molar refractivity (Wildman–Crippen MR) is 116 cm³/mol. The Labute approximate surface area is 162 Å². The molecule has 0 aliphatic rings. The van der Waals surface area contributed by atoms with E-state index in [2.05, 4.69) is 130 Å². The van der Waals surface area contributed by atoms with E-state index in [0.717, 1.165) is 0 Å². The third kappa shape index (κ3) is 3.46. The van der Waals surface area contributed by atoms with Crippen LogP contribution in [0.4, 0.5) is 0 Å². The van der Waals surface area contributed by atoms with Crippen LogP contribution in [0.5, 0.6) is 0 Å². The Kier molecular flexibility index (Phi) is 5.47. The molecule has 0 nitrogen and oxygen atoms in total. The van der Waals surface area contributed by atoms with Gasteiger partial charge in [0.15, 0.2) is 0 Å². The third-order valence-corrected chi connectivity index (χ3v) is 24.6. The van der Waals surface area contributed by atoms with Gasteiger partial charge in [0, 0.05) is 0 Å². The summed E-state index contributed by atoms with van der Waals surface area (Å²) in [4.78, 5) is 1.35. The molecule has 0 aromatic heterocycles. The molecule has 26 heavy (non-hydrogen) atoms. The van der Waals surface area contributed by atoms with Crippen LogP contribution in [0, 0.1) is 0 Å². The summed E-state index contributed by atoms with van der Waals surface area (Å²) in [7, 11) is 2.11. The molecule has 0 spiro atoms. The first-order valence-corrected chi connectivity index (χ1v) is 17.4. The van der Waals surface area contributed by atoms with Crippen molar-refractivity contribution in [2.75, 3.05) is 0 Å². The Morgan fingerprint density at radius 2 is 0.692 bits per heavy atom. The summed E-state index contributed by atoms with van der Waals surface area (Å²) >= 11 is -3.25. The van der Waals surface area contributed by atoms with E-state index in [1.165, 1.54) is 15.6 Å². The van der Waals surface area contributed by atoms with E-state index in [0.29, 0.717) is 0 Å². The summed E-state index contributed by atoms with van der Waals surface area (Å²) < 4.78 is 4.48.